The van der Waals surface area contributed by atoms with Crippen LogP contribution >= 0.6 is 0 Å². The zero-order valence-electron chi connectivity index (χ0n) is 14.5. The van der Waals surface area contributed by atoms with E-state index in [4.69, 9.17) is 0 Å². The highest BCUT2D eigenvalue weighted by molar-refractivity contribution is 5.93. The summed E-state index contributed by atoms with van der Waals surface area (Å²) in [6.07, 6.45) is 12.9. The van der Waals surface area contributed by atoms with Gasteiger partial charge in [-0.25, -0.2) is 4.98 Å². The lowest BCUT2D eigenvalue weighted by atomic mass is 9.95. The lowest BCUT2D eigenvalue weighted by Crippen LogP contribution is -2.18. The molecular formula is C21H21N3O. The Morgan fingerprint density at radius 3 is 2.92 bits per heavy atom. The maximum atomic E-state index is 12.7. The second-order valence-corrected chi connectivity index (χ2v) is 6.06. The minimum Gasteiger partial charge on any atom is -0.333 e. The largest absolute Gasteiger partial charge is 0.333 e. The molecule has 0 bridgehead atoms. The lowest BCUT2D eigenvalue weighted by molar-refractivity contribution is 0.786. The van der Waals surface area contributed by atoms with Gasteiger partial charge in [0.05, 0.1) is 12.9 Å². The van der Waals surface area contributed by atoms with Crippen molar-refractivity contribution in [2.24, 2.45) is 0 Å². The Bertz CT molecular complexity index is 1020. The molecule has 4 heteroatoms. The molecule has 0 amide bonds. The number of imidazole rings is 1. The Kier molecular flexibility index (Phi) is 4.80. The summed E-state index contributed by atoms with van der Waals surface area (Å²) in [7, 11) is 0. The van der Waals surface area contributed by atoms with Crippen LogP contribution in [0.25, 0.3) is 16.5 Å². The van der Waals surface area contributed by atoms with Crippen LogP contribution in [0.5, 0.6) is 0 Å². The van der Waals surface area contributed by atoms with E-state index in [9.17, 15) is 4.79 Å². The molecule has 0 saturated carbocycles. The van der Waals surface area contributed by atoms with Crippen molar-refractivity contribution in [2.75, 3.05) is 0 Å². The molecule has 4 nitrogen and oxygen atoms in total. The molecule has 0 aliphatic heterocycles. The van der Waals surface area contributed by atoms with Crippen molar-refractivity contribution < 1.29 is 0 Å². The predicted octanol–water partition coefficient (Wildman–Crippen LogP) is 4.23. The molecule has 0 saturated heterocycles. The summed E-state index contributed by atoms with van der Waals surface area (Å²) < 4.78 is 1.91. The Balaban J connectivity index is 2.28. The van der Waals surface area contributed by atoms with E-state index in [1.165, 1.54) is 0 Å². The van der Waals surface area contributed by atoms with Gasteiger partial charge in [0.25, 0.3) is 5.56 Å². The van der Waals surface area contributed by atoms with Gasteiger partial charge in [-0.3, -0.25) is 4.79 Å². The summed E-state index contributed by atoms with van der Waals surface area (Å²) in [5, 5.41) is 1.05. The molecular weight excluding hydrogens is 310 g/mol. The third-order valence-electron chi connectivity index (χ3n) is 4.16. The number of aromatic amines is 1. The molecule has 1 N–H and O–H groups in total. The number of pyridine rings is 1. The lowest BCUT2D eigenvalue weighted by Gasteiger charge is -2.14. The fourth-order valence-electron chi connectivity index (χ4n) is 2.97. The number of aromatic nitrogens is 3. The van der Waals surface area contributed by atoms with Gasteiger partial charge in [-0.05, 0) is 37.1 Å². The molecule has 2 heterocycles. The Morgan fingerprint density at radius 2 is 2.20 bits per heavy atom. The minimum absolute atomic E-state index is 0.0690. The second-order valence-electron chi connectivity index (χ2n) is 6.06. The van der Waals surface area contributed by atoms with Crippen LogP contribution in [0.15, 0.2) is 72.6 Å². The van der Waals surface area contributed by atoms with Crippen molar-refractivity contribution in [3.8, 4) is 0 Å². The Labute approximate surface area is 146 Å². The van der Waals surface area contributed by atoms with Crippen molar-refractivity contribution in [2.45, 2.75) is 20.4 Å². The number of benzene rings is 1. The van der Waals surface area contributed by atoms with Gasteiger partial charge in [-0.15, -0.1) is 0 Å². The van der Waals surface area contributed by atoms with Crippen LogP contribution in [0.4, 0.5) is 0 Å². The number of allylic oxidation sites excluding steroid dienone is 5. The van der Waals surface area contributed by atoms with Gasteiger partial charge in [0.2, 0.25) is 0 Å². The topological polar surface area (TPSA) is 50.7 Å². The van der Waals surface area contributed by atoms with Crippen molar-refractivity contribution in [1.29, 1.82) is 0 Å². The molecule has 0 atom stereocenters. The molecule has 1 aromatic carbocycles. The van der Waals surface area contributed by atoms with E-state index >= 15 is 0 Å². The number of nitrogens with zero attached hydrogens (tertiary/aromatic N) is 2. The van der Waals surface area contributed by atoms with Crippen LogP contribution in [0.1, 0.15) is 23.6 Å². The predicted molar refractivity (Wildman–Crippen MR) is 104 cm³/mol. The number of aryl methyl sites for hydroxylation is 1. The number of nitrogens with one attached hydrogen (secondary N) is 1. The van der Waals surface area contributed by atoms with Gasteiger partial charge in [-0.2, -0.15) is 0 Å². The molecule has 2 aromatic heterocycles. The quantitative estimate of drug-likeness (QED) is 0.711. The minimum atomic E-state index is -0.0690. The molecule has 0 radical (unpaired) electrons. The highest BCUT2D eigenvalue weighted by Gasteiger charge is 2.14. The molecule has 3 aromatic rings. The van der Waals surface area contributed by atoms with Crippen LogP contribution in [0.2, 0.25) is 0 Å². The second kappa shape index (κ2) is 7.18. The smallest absolute Gasteiger partial charge is 0.254 e. The average molecular weight is 331 g/mol. The van der Waals surface area contributed by atoms with Gasteiger partial charge in [0.1, 0.15) is 0 Å². The van der Waals surface area contributed by atoms with E-state index in [1.807, 2.05) is 48.0 Å². The third-order valence-corrected chi connectivity index (χ3v) is 4.16. The fraction of sp³-hybridized carbons (Fsp3) is 0.143. The third kappa shape index (κ3) is 3.53. The standard InChI is InChI=1S/C21H21N3O/c1-4-5-6-7-16(3)20-17-12-15(2)8-9-19(17)23-21(25)18(20)13-24-11-10-22-14-24/h4-12,14H,1,13H2,2-3H3,(H,23,25)/b6-5-,16-7+. The average Bonchev–Trinajstić information content (AvgIpc) is 3.09. The highest BCUT2D eigenvalue weighted by Crippen LogP contribution is 2.27. The zero-order valence-corrected chi connectivity index (χ0v) is 14.5. The Hall–Kier alpha value is -3.14. The maximum Gasteiger partial charge on any atom is 0.254 e. The van der Waals surface area contributed by atoms with E-state index in [0.717, 1.165) is 33.2 Å². The van der Waals surface area contributed by atoms with Crippen LogP contribution in [-0.4, -0.2) is 14.5 Å². The number of H-pyrrole nitrogens is 1. The number of rotatable bonds is 5. The van der Waals surface area contributed by atoms with E-state index in [1.54, 1.807) is 18.6 Å². The van der Waals surface area contributed by atoms with Gasteiger partial charge in [0.15, 0.2) is 0 Å². The van der Waals surface area contributed by atoms with Crippen molar-refractivity contribution in [1.82, 2.24) is 14.5 Å². The molecule has 0 fully saturated rings. The first-order valence-electron chi connectivity index (χ1n) is 8.17. The van der Waals surface area contributed by atoms with Crippen LogP contribution in [0.3, 0.4) is 0 Å². The monoisotopic (exact) mass is 331 g/mol. The number of fused-ring (bicyclic) bond motifs is 1. The first-order chi connectivity index (χ1) is 12.1. The highest BCUT2D eigenvalue weighted by atomic mass is 16.1. The Morgan fingerprint density at radius 1 is 1.36 bits per heavy atom. The molecule has 126 valence electrons. The van der Waals surface area contributed by atoms with Gasteiger partial charge < -0.3 is 9.55 Å². The first-order valence-corrected chi connectivity index (χ1v) is 8.17. The van der Waals surface area contributed by atoms with Crippen molar-refractivity contribution in [3.05, 3.63) is 94.8 Å². The van der Waals surface area contributed by atoms with E-state index < -0.39 is 0 Å². The van der Waals surface area contributed by atoms with Crippen LogP contribution in [0, 0.1) is 6.92 Å². The molecule has 0 unspecified atom stereocenters. The maximum absolute atomic E-state index is 12.7. The summed E-state index contributed by atoms with van der Waals surface area (Å²) in [6.45, 7) is 8.25. The molecule has 0 spiro atoms. The fourth-order valence-corrected chi connectivity index (χ4v) is 2.97. The van der Waals surface area contributed by atoms with E-state index in [-0.39, 0.29) is 5.56 Å². The zero-order chi connectivity index (χ0) is 17.8. The summed E-state index contributed by atoms with van der Waals surface area (Å²) in [4.78, 5) is 19.8. The molecule has 0 aliphatic carbocycles. The van der Waals surface area contributed by atoms with Crippen molar-refractivity contribution in [3.63, 3.8) is 0 Å². The summed E-state index contributed by atoms with van der Waals surface area (Å²) in [5.41, 5.74) is 4.68. The van der Waals surface area contributed by atoms with E-state index in [0.29, 0.717) is 6.54 Å². The van der Waals surface area contributed by atoms with E-state index in [2.05, 4.69) is 29.5 Å². The summed E-state index contributed by atoms with van der Waals surface area (Å²) in [5.74, 6) is 0. The first kappa shape index (κ1) is 16.7. The molecule has 3 rings (SSSR count). The summed E-state index contributed by atoms with van der Waals surface area (Å²) in [6, 6.07) is 6.09. The van der Waals surface area contributed by atoms with Crippen molar-refractivity contribution >= 4 is 16.5 Å². The summed E-state index contributed by atoms with van der Waals surface area (Å²) >= 11 is 0. The molecule has 0 aliphatic rings. The van der Waals surface area contributed by atoms with Crippen LogP contribution in [-0.2, 0) is 6.54 Å². The van der Waals surface area contributed by atoms with Gasteiger partial charge in [-0.1, -0.05) is 42.5 Å². The molecule has 25 heavy (non-hydrogen) atoms. The normalized spacial score (nSPS) is 12.2. The number of hydrogen-bond donors (Lipinski definition) is 1. The number of hydrogen-bond acceptors (Lipinski definition) is 2. The van der Waals surface area contributed by atoms with Crippen LogP contribution < -0.4 is 5.56 Å². The SMILES string of the molecule is C=C/C=C\C=C(/C)c1c(Cn2ccnc2)c(=O)[nH]c2ccc(C)cc12. The van der Waals surface area contributed by atoms with Gasteiger partial charge in [0, 0.05) is 28.9 Å². The van der Waals surface area contributed by atoms with Gasteiger partial charge >= 0.3 is 0 Å².